The van der Waals surface area contributed by atoms with Gasteiger partial charge in [-0.25, -0.2) is 4.98 Å². The summed E-state index contributed by atoms with van der Waals surface area (Å²) in [6.07, 6.45) is 6.13. The fourth-order valence-corrected chi connectivity index (χ4v) is 2.40. The fraction of sp³-hybridized carbons (Fsp3) is 0.538. The van der Waals surface area contributed by atoms with Crippen molar-refractivity contribution >= 4 is 11.5 Å². The van der Waals surface area contributed by atoms with E-state index in [1.807, 2.05) is 12.1 Å². The van der Waals surface area contributed by atoms with Crippen molar-refractivity contribution in [2.24, 2.45) is 0 Å². The maximum atomic E-state index is 8.89. The number of aromatic nitrogens is 1. The standard InChI is InChI=1S/C13H18N4/c1-13(7-3-2-4-8-13)17-12-6-5-10(15)11(9-14)16-12/h5-6H,2-4,7-8,15H2,1H3,(H,16,17). The van der Waals surface area contributed by atoms with Crippen molar-refractivity contribution in [3.05, 3.63) is 17.8 Å². The molecule has 4 heteroatoms. The summed E-state index contributed by atoms with van der Waals surface area (Å²) in [7, 11) is 0. The van der Waals surface area contributed by atoms with E-state index in [-0.39, 0.29) is 5.54 Å². The van der Waals surface area contributed by atoms with E-state index >= 15 is 0 Å². The van der Waals surface area contributed by atoms with Gasteiger partial charge in [-0.2, -0.15) is 5.26 Å². The van der Waals surface area contributed by atoms with Crippen LogP contribution in [-0.4, -0.2) is 10.5 Å². The van der Waals surface area contributed by atoms with Crippen molar-refractivity contribution in [2.75, 3.05) is 11.1 Å². The molecule has 0 aliphatic heterocycles. The van der Waals surface area contributed by atoms with Gasteiger partial charge in [0.15, 0.2) is 5.69 Å². The lowest BCUT2D eigenvalue weighted by molar-refractivity contribution is 0.348. The van der Waals surface area contributed by atoms with Gasteiger partial charge >= 0.3 is 0 Å². The molecule has 0 aromatic carbocycles. The van der Waals surface area contributed by atoms with E-state index in [1.165, 1.54) is 19.3 Å². The molecule has 90 valence electrons. The molecule has 1 saturated carbocycles. The number of hydrogen-bond acceptors (Lipinski definition) is 4. The average Bonchev–Trinajstić information content (AvgIpc) is 2.32. The highest BCUT2D eigenvalue weighted by Crippen LogP contribution is 2.30. The summed E-state index contributed by atoms with van der Waals surface area (Å²) in [4.78, 5) is 4.23. The summed E-state index contributed by atoms with van der Waals surface area (Å²) in [5.74, 6) is 0.750. The van der Waals surface area contributed by atoms with Gasteiger partial charge < -0.3 is 11.1 Å². The first-order valence-corrected chi connectivity index (χ1v) is 6.08. The molecule has 1 aromatic heterocycles. The van der Waals surface area contributed by atoms with E-state index in [9.17, 15) is 0 Å². The summed E-state index contributed by atoms with van der Waals surface area (Å²) in [6.45, 7) is 2.22. The second-order valence-electron chi connectivity index (χ2n) is 4.99. The summed E-state index contributed by atoms with van der Waals surface area (Å²) >= 11 is 0. The van der Waals surface area contributed by atoms with Gasteiger partial charge in [0, 0.05) is 5.54 Å². The monoisotopic (exact) mass is 230 g/mol. The highest BCUT2D eigenvalue weighted by molar-refractivity contribution is 5.55. The van der Waals surface area contributed by atoms with Crippen molar-refractivity contribution in [1.29, 1.82) is 5.26 Å². The van der Waals surface area contributed by atoms with Crippen molar-refractivity contribution in [2.45, 2.75) is 44.6 Å². The quantitative estimate of drug-likeness (QED) is 0.819. The Bertz CT molecular complexity index is 441. The van der Waals surface area contributed by atoms with E-state index in [4.69, 9.17) is 11.0 Å². The topological polar surface area (TPSA) is 74.7 Å². The zero-order valence-electron chi connectivity index (χ0n) is 10.2. The number of nitriles is 1. The van der Waals surface area contributed by atoms with Crippen LogP contribution in [0.3, 0.4) is 0 Å². The Morgan fingerprint density at radius 1 is 1.35 bits per heavy atom. The third-order valence-corrected chi connectivity index (χ3v) is 3.42. The van der Waals surface area contributed by atoms with Gasteiger partial charge in [0.2, 0.25) is 0 Å². The minimum Gasteiger partial charge on any atom is -0.396 e. The summed E-state index contributed by atoms with van der Waals surface area (Å²) in [6, 6.07) is 5.59. The number of nitrogens with zero attached hydrogens (tertiary/aromatic N) is 2. The molecule has 0 bridgehead atoms. The molecule has 1 aliphatic carbocycles. The number of rotatable bonds is 2. The van der Waals surface area contributed by atoms with E-state index in [2.05, 4.69) is 17.2 Å². The van der Waals surface area contributed by atoms with Gasteiger partial charge in [-0.15, -0.1) is 0 Å². The van der Waals surface area contributed by atoms with E-state index in [1.54, 1.807) is 6.07 Å². The lowest BCUT2D eigenvalue weighted by atomic mass is 9.83. The third-order valence-electron chi connectivity index (χ3n) is 3.42. The molecular weight excluding hydrogens is 212 g/mol. The zero-order valence-corrected chi connectivity index (χ0v) is 10.2. The minimum atomic E-state index is 0.105. The first kappa shape index (κ1) is 11.7. The van der Waals surface area contributed by atoms with Gasteiger partial charge in [0.25, 0.3) is 0 Å². The average molecular weight is 230 g/mol. The normalized spacial score (nSPS) is 18.4. The van der Waals surface area contributed by atoms with E-state index in [0.29, 0.717) is 11.4 Å². The summed E-state index contributed by atoms with van der Waals surface area (Å²) in [5, 5.41) is 12.3. The lowest BCUT2D eigenvalue weighted by Crippen LogP contribution is -2.37. The van der Waals surface area contributed by atoms with Crippen molar-refractivity contribution in [3.8, 4) is 6.07 Å². The Kier molecular flexibility index (Phi) is 3.19. The number of nitrogen functional groups attached to an aromatic ring is 1. The predicted molar refractivity (Wildman–Crippen MR) is 68.5 cm³/mol. The molecule has 1 heterocycles. The van der Waals surface area contributed by atoms with Crippen LogP contribution in [0.1, 0.15) is 44.7 Å². The highest BCUT2D eigenvalue weighted by Gasteiger charge is 2.26. The SMILES string of the molecule is CC1(Nc2ccc(N)c(C#N)n2)CCCCC1. The number of nitrogens with two attached hydrogens (primary N) is 1. The van der Waals surface area contributed by atoms with E-state index in [0.717, 1.165) is 18.7 Å². The molecule has 2 rings (SSSR count). The van der Waals surface area contributed by atoms with Crippen LogP contribution in [-0.2, 0) is 0 Å². The third kappa shape index (κ3) is 2.68. The molecule has 0 atom stereocenters. The first-order valence-electron chi connectivity index (χ1n) is 6.08. The Morgan fingerprint density at radius 3 is 2.71 bits per heavy atom. The van der Waals surface area contributed by atoms with Crippen LogP contribution in [0.2, 0.25) is 0 Å². The van der Waals surface area contributed by atoms with Crippen LogP contribution < -0.4 is 11.1 Å². The molecule has 1 aromatic rings. The molecule has 1 fully saturated rings. The highest BCUT2D eigenvalue weighted by atomic mass is 15.1. The summed E-state index contributed by atoms with van der Waals surface area (Å²) < 4.78 is 0. The first-order chi connectivity index (χ1) is 8.13. The molecule has 17 heavy (non-hydrogen) atoms. The smallest absolute Gasteiger partial charge is 0.165 e. The van der Waals surface area contributed by atoms with Gasteiger partial charge in [0.05, 0.1) is 5.69 Å². The van der Waals surface area contributed by atoms with Crippen LogP contribution >= 0.6 is 0 Å². The van der Waals surface area contributed by atoms with Gasteiger partial charge in [-0.05, 0) is 31.9 Å². The van der Waals surface area contributed by atoms with Gasteiger partial charge in [0.1, 0.15) is 11.9 Å². The lowest BCUT2D eigenvalue weighted by Gasteiger charge is -2.35. The number of nitrogens with one attached hydrogen (secondary N) is 1. The van der Waals surface area contributed by atoms with Crippen LogP contribution in [0.15, 0.2) is 12.1 Å². The van der Waals surface area contributed by atoms with E-state index < -0.39 is 0 Å². The molecular formula is C13H18N4. The Hall–Kier alpha value is -1.76. The predicted octanol–water partition coefficient (Wildman–Crippen LogP) is 2.67. The second-order valence-corrected chi connectivity index (χ2v) is 4.99. The maximum absolute atomic E-state index is 8.89. The number of anilines is 2. The molecule has 0 amide bonds. The van der Waals surface area contributed by atoms with Gasteiger partial charge in [-0.1, -0.05) is 19.3 Å². The molecule has 0 radical (unpaired) electrons. The van der Waals surface area contributed by atoms with Crippen LogP contribution in [0.4, 0.5) is 11.5 Å². The molecule has 0 spiro atoms. The summed E-state index contributed by atoms with van der Waals surface area (Å²) in [5.41, 5.74) is 6.50. The molecule has 0 unspecified atom stereocenters. The second kappa shape index (κ2) is 4.62. The Balaban J connectivity index is 2.15. The largest absolute Gasteiger partial charge is 0.396 e. The van der Waals surface area contributed by atoms with Crippen molar-refractivity contribution in [1.82, 2.24) is 4.98 Å². The van der Waals surface area contributed by atoms with Gasteiger partial charge in [-0.3, -0.25) is 0 Å². The zero-order chi connectivity index (χ0) is 12.3. The maximum Gasteiger partial charge on any atom is 0.165 e. The molecule has 0 saturated heterocycles. The molecule has 4 nitrogen and oxygen atoms in total. The Morgan fingerprint density at radius 2 is 2.06 bits per heavy atom. The fourth-order valence-electron chi connectivity index (χ4n) is 2.40. The van der Waals surface area contributed by atoms with Crippen LogP contribution in [0.5, 0.6) is 0 Å². The number of hydrogen-bond donors (Lipinski definition) is 2. The molecule has 1 aliphatic rings. The molecule has 3 N–H and O–H groups in total. The van der Waals surface area contributed by atoms with Crippen molar-refractivity contribution < 1.29 is 0 Å². The van der Waals surface area contributed by atoms with Crippen LogP contribution in [0, 0.1) is 11.3 Å². The van der Waals surface area contributed by atoms with Crippen LogP contribution in [0.25, 0.3) is 0 Å². The van der Waals surface area contributed by atoms with Crippen molar-refractivity contribution in [3.63, 3.8) is 0 Å². The number of pyridine rings is 1. The Labute approximate surface area is 102 Å². The minimum absolute atomic E-state index is 0.105.